The Morgan fingerprint density at radius 1 is 1.03 bits per heavy atom. The number of hydrogen-bond donors (Lipinski definition) is 2. The molecule has 0 fully saturated rings. The second kappa shape index (κ2) is 9.80. The molecule has 8 nitrogen and oxygen atoms in total. The molecule has 2 heterocycles. The monoisotopic (exact) mass is 472 g/mol. The number of anilines is 1. The van der Waals surface area contributed by atoms with Gasteiger partial charge in [0.25, 0.3) is 0 Å². The van der Waals surface area contributed by atoms with Crippen molar-refractivity contribution in [1.82, 2.24) is 5.43 Å². The third-order valence-electron chi connectivity index (χ3n) is 5.70. The van der Waals surface area contributed by atoms with Crippen LogP contribution < -0.4 is 20.3 Å². The SMILES string of the molecule is CC1CC(=O)Oc2cc(NNC(=O)OCc3ccc(OCc4cc5ccccc5o4)cc3)ccc21. The van der Waals surface area contributed by atoms with Gasteiger partial charge in [-0.15, -0.1) is 0 Å². The zero-order chi connectivity index (χ0) is 24.2. The summed E-state index contributed by atoms with van der Waals surface area (Å²) in [6.45, 7) is 2.39. The summed E-state index contributed by atoms with van der Waals surface area (Å²) in [5.41, 5.74) is 8.42. The van der Waals surface area contributed by atoms with Crippen LogP contribution in [-0.4, -0.2) is 12.1 Å². The van der Waals surface area contributed by atoms with E-state index >= 15 is 0 Å². The molecule has 0 radical (unpaired) electrons. The third kappa shape index (κ3) is 5.38. The first-order valence-corrected chi connectivity index (χ1v) is 11.3. The molecule has 4 aromatic rings. The lowest BCUT2D eigenvalue weighted by Gasteiger charge is -2.22. The number of carbonyl (C=O) groups is 2. The van der Waals surface area contributed by atoms with E-state index in [1.165, 1.54) is 0 Å². The lowest BCUT2D eigenvalue weighted by molar-refractivity contribution is -0.135. The minimum Gasteiger partial charge on any atom is -0.486 e. The standard InChI is InChI=1S/C27H24N2O6/c1-17-12-26(30)35-25-14-20(8-11-23(17)25)28-29-27(31)33-15-18-6-9-21(10-7-18)32-16-22-13-19-4-2-3-5-24(19)34-22/h2-11,13-14,17,28H,12,15-16H2,1H3,(H,29,31). The number of furan rings is 1. The summed E-state index contributed by atoms with van der Waals surface area (Å²) in [7, 11) is 0. The fourth-order valence-electron chi connectivity index (χ4n) is 3.88. The molecular weight excluding hydrogens is 448 g/mol. The van der Waals surface area contributed by atoms with Crippen molar-refractivity contribution in [2.75, 3.05) is 5.43 Å². The van der Waals surface area contributed by atoms with E-state index in [-0.39, 0.29) is 18.5 Å². The van der Waals surface area contributed by atoms with Gasteiger partial charge in [0.1, 0.15) is 36.1 Å². The fourth-order valence-corrected chi connectivity index (χ4v) is 3.88. The van der Waals surface area contributed by atoms with Gasteiger partial charge in [-0.25, -0.2) is 10.2 Å². The minimum atomic E-state index is -0.640. The molecule has 1 unspecified atom stereocenters. The number of fused-ring (bicyclic) bond motifs is 2. The zero-order valence-corrected chi connectivity index (χ0v) is 19.1. The van der Waals surface area contributed by atoms with E-state index in [1.54, 1.807) is 12.1 Å². The summed E-state index contributed by atoms with van der Waals surface area (Å²) in [5, 5.41) is 1.04. The van der Waals surface area contributed by atoms with Gasteiger partial charge in [0.15, 0.2) is 0 Å². The topological polar surface area (TPSA) is 99.0 Å². The molecule has 35 heavy (non-hydrogen) atoms. The number of benzene rings is 3. The van der Waals surface area contributed by atoms with E-state index < -0.39 is 6.09 Å². The normalized spacial score (nSPS) is 14.7. The average Bonchev–Trinajstić information content (AvgIpc) is 3.28. The highest BCUT2D eigenvalue weighted by Crippen LogP contribution is 2.35. The molecule has 2 N–H and O–H groups in total. The Bertz CT molecular complexity index is 1330. The predicted octanol–water partition coefficient (Wildman–Crippen LogP) is 5.68. The van der Waals surface area contributed by atoms with Gasteiger partial charge in [-0.05, 0) is 47.4 Å². The summed E-state index contributed by atoms with van der Waals surface area (Å²) in [4.78, 5) is 23.7. The van der Waals surface area contributed by atoms with Crippen molar-refractivity contribution in [3.63, 3.8) is 0 Å². The van der Waals surface area contributed by atoms with Crippen molar-refractivity contribution >= 4 is 28.7 Å². The number of amides is 1. The van der Waals surface area contributed by atoms with Gasteiger partial charge in [0.2, 0.25) is 0 Å². The van der Waals surface area contributed by atoms with Crippen molar-refractivity contribution in [1.29, 1.82) is 0 Å². The third-order valence-corrected chi connectivity index (χ3v) is 5.70. The van der Waals surface area contributed by atoms with Gasteiger partial charge in [-0.1, -0.05) is 43.3 Å². The second-order valence-corrected chi connectivity index (χ2v) is 8.34. The van der Waals surface area contributed by atoms with Crippen LogP contribution in [0, 0.1) is 0 Å². The smallest absolute Gasteiger partial charge is 0.426 e. The first-order chi connectivity index (χ1) is 17.0. The van der Waals surface area contributed by atoms with E-state index in [2.05, 4.69) is 10.9 Å². The Hall–Kier alpha value is -4.46. The fraction of sp³-hybridized carbons (Fsp3) is 0.185. The molecule has 1 atom stereocenters. The molecule has 1 aliphatic heterocycles. The maximum atomic E-state index is 12.1. The second-order valence-electron chi connectivity index (χ2n) is 8.34. The van der Waals surface area contributed by atoms with Crippen LogP contribution in [0.1, 0.15) is 36.1 Å². The minimum absolute atomic E-state index is 0.0939. The molecule has 0 spiro atoms. The number of rotatable bonds is 7. The van der Waals surface area contributed by atoms with Crippen molar-refractivity contribution in [3.8, 4) is 11.5 Å². The van der Waals surface area contributed by atoms with Crippen LogP contribution in [-0.2, 0) is 22.7 Å². The first kappa shape index (κ1) is 22.3. The molecular formula is C27H24N2O6. The van der Waals surface area contributed by atoms with E-state index in [4.69, 9.17) is 18.6 Å². The summed E-state index contributed by atoms with van der Waals surface area (Å²) < 4.78 is 22.1. The van der Waals surface area contributed by atoms with Gasteiger partial charge >= 0.3 is 12.1 Å². The Morgan fingerprint density at radius 3 is 2.69 bits per heavy atom. The number of hydrogen-bond acceptors (Lipinski definition) is 7. The summed E-state index contributed by atoms with van der Waals surface area (Å²) in [6, 6.07) is 22.4. The quantitative estimate of drug-likeness (QED) is 0.203. The van der Waals surface area contributed by atoms with Gasteiger partial charge < -0.3 is 18.6 Å². The Labute approximate surface area is 201 Å². The molecule has 3 aromatic carbocycles. The molecule has 0 bridgehead atoms. The summed E-state index contributed by atoms with van der Waals surface area (Å²) in [6.07, 6.45) is -0.281. The van der Waals surface area contributed by atoms with Crippen LogP contribution in [0.25, 0.3) is 11.0 Å². The highest BCUT2D eigenvalue weighted by Gasteiger charge is 2.23. The first-order valence-electron chi connectivity index (χ1n) is 11.3. The Balaban J connectivity index is 1.07. The molecule has 8 heteroatoms. The highest BCUT2D eigenvalue weighted by molar-refractivity contribution is 5.78. The van der Waals surface area contributed by atoms with Gasteiger partial charge in [-0.2, -0.15) is 0 Å². The molecule has 0 saturated carbocycles. The largest absolute Gasteiger partial charge is 0.486 e. The molecule has 5 rings (SSSR count). The van der Waals surface area contributed by atoms with Crippen molar-refractivity contribution in [2.24, 2.45) is 0 Å². The van der Waals surface area contributed by atoms with E-state index in [0.29, 0.717) is 30.2 Å². The maximum absolute atomic E-state index is 12.1. The summed E-state index contributed by atoms with van der Waals surface area (Å²) in [5.74, 6) is 1.76. The zero-order valence-electron chi connectivity index (χ0n) is 19.1. The lowest BCUT2D eigenvalue weighted by Crippen LogP contribution is -2.30. The number of esters is 1. The van der Waals surface area contributed by atoms with Crippen LogP contribution in [0.3, 0.4) is 0 Å². The molecule has 178 valence electrons. The Kier molecular flexibility index (Phi) is 6.26. The van der Waals surface area contributed by atoms with Crippen molar-refractivity contribution in [2.45, 2.75) is 32.5 Å². The molecule has 1 aliphatic rings. The Morgan fingerprint density at radius 2 is 1.86 bits per heavy atom. The van der Waals surface area contributed by atoms with Crippen LogP contribution >= 0.6 is 0 Å². The van der Waals surface area contributed by atoms with Crippen LogP contribution in [0.15, 0.2) is 77.2 Å². The molecule has 1 aromatic heterocycles. The van der Waals surface area contributed by atoms with E-state index in [0.717, 1.165) is 27.9 Å². The number of ether oxygens (including phenoxy) is 3. The lowest BCUT2D eigenvalue weighted by atomic mass is 9.94. The van der Waals surface area contributed by atoms with Gasteiger partial charge in [-0.3, -0.25) is 10.2 Å². The van der Waals surface area contributed by atoms with Crippen LogP contribution in [0.5, 0.6) is 11.5 Å². The summed E-state index contributed by atoms with van der Waals surface area (Å²) >= 11 is 0. The van der Waals surface area contributed by atoms with Gasteiger partial charge in [0.05, 0.1) is 12.1 Å². The van der Waals surface area contributed by atoms with Crippen molar-refractivity contribution in [3.05, 3.63) is 89.7 Å². The van der Waals surface area contributed by atoms with Crippen LogP contribution in [0.2, 0.25) is 0 Å². The number of para-hydroxylation sites is 1. The van der Waals surface area contributed by atoms with E-state index in [1.807, 2.05) is 67.6 Å². The molecule has 0 saturated heterocycles. The number of nitrogens with one attached hydrogen (secondary N) is 2. The number of carbonyl (C=O) groups excluding carboxylic acids is 2. The average molecular weight is 472 g/mol. The number of hydrazine groups is 1. The predicted molar refractivity (Wildman–Crippen MR) is 129 cm³/mol. The molecule has 0 aliphatic carbocycles. The maximum Gasteiger partial charge on any atom is 0.426 e. The van der Waals surface area contributed by atoms with Crippen molar-refractivity contribution < 1.29 is 28.2 Å². The van der Waals surface area contributed by atoms with Crippen LogP contribution in [0.4, 0.5) is 10.5 Å². The van der Waals surface area contributed by atoms with E-state index in [9.17, 15) is 9.59 Å². The van der Waals surface area contributed by atoms with Gasteiger partial charge in [0, 0.05) is 11.5 Å². The highest BCUT2D eigenvalue weighted by atomic mass is 16.6. The molecule has 1 amide bonds.